The highest BCUT2D eigenvalue weighted by molar-refractivity contribution is 5.74. The fourth-order valence-corrected chi connectivity index (χ4v) is 7.72. The summed E-state index contributed by atoms with van der Waals surface area (Å²) in [5, 5.41) is 65.7. The summed E-state index contributed by atoms with van der Waals surface area (Å²) in [6.45, 7) is 3.92. The number of carboxylic acid groups (broad SMARTS) is 1. The second-order valence-electron chi connectivity index (χ2n) is 13.9. The molecule has 11 unspecified atom stereocenters. The highest BCUT2D eigenvalue weighted by atomic mass is 16.7. The smallest absolute Gasteiger partial charge is 0.332 e. The van der Waals surface area contributed by atoms with Crippen molar-refractivity contribution in [3.8, 4) is 0 Å². The molecule has 282 valence electrons. The van der Waals surface area contributed by atoms with Gasteiger partial charge in [0, 0.05) is 6.92 Å². The maximum atomic E-state index is 12.8. The molecule has 0 radical (unpaired) electrons. The zero-order chi connectivity index (χ0) is 36.0. The summed E-state index contributed by atoms with van der Waals surface area (Å²) >= 11 is 0. The first kappa shape index (κ1) is 39.8. The number of ether oxygens (including phenoxy) is 6. The van der Waals surface area contributed by atoms with E-state index in [9.17, 15) is 45.0 Å². The molecule has 2 aliphatic heterocycles. The van der Waals surface area contributed by atoms with E-state index in [1.165, 1.54) is 21.0 Å². The number of methoxy groups -OCH3 is 1. The molecule has 4 rings (SSSR count). The second-order valence-corrected chi connectivity index (χ2v) is 13.9. The number of aliphatic carboxylic acids is 1. The fourth-order valence-electron chi connectivity index (χ4n) is 7.72. The molecule has 0 bridgehead atoms. The summed E-state index contributed by atoms with van der Waals surface area (Å²) in [5.74, 6) is -3.20. The van der Waals surface area contributed by atoms with E-state index in [-0.39, 0.29) is 24.7 Å². The fraction of sp³-hybridized carbons (Fsp3) is 0.909. The van der Waals surface area contributed by atoms with E-state index in [2.05, 4.69) is 5.32 Å². The van der Waals surface area contributed by atoms with E-state index < -0.39 is 110 Å². The first-order valence-electron chi connectivity index (χ1n) is 17.5. The molecule has 0 spiro atoms. The number of rotatable bonds is 13. The molecule has 16 nitrogen and oxygen atoms in total. The SMILES string of the molecule is CC[C@@H]1CC(C(=O)OC)CC(O[C@@H]2O[C@@H](CO)C(O)C(O[C@@H](CC3CCCCC3)C(=O)O)C2NC(C)=O)C1OC1OC(C)C(O)C(O)C1O. The van der Waals surface area contributed by atoms with Crippen LogP contribution in [0.5, 0.6) is 0 Å². The predicted octanol–water partition coefficient (Wildman–Crippen LogP) is -0.415. The Labute approximate surface area is 286 Å². The van der Waals surface area contributed by atoms with Gasteiger partial charge in [-0.3, -0.25) is 9.59 Å². The van der Waals surface area contributed by atoms with Crippen molar-refractivity contribution in [2.75, 3.05) is 13.7 Å². The minimum atomic E-state index is -1.62. The average molecular weight is 706 g/mol. The van der Waals surface area contributed by atoms with Gasteiger partial charge in [-0.15, -0.1) is 0 Å². The van der Waals surface area contributed by atoms with Gasteiger partial charge in [0.05, 0.1) is 37.9 Å². The number of hydrogen-bond donors (Lipinski definition) is 7. The summed E-state index contributed by atoms with van der Waals surface area (Å²) < 4.78 is 35.6. The van der Waals surface area contributed by atoms with E-state index in [0.717, 1.165) is 32.1 Å². The average Bonchev–Trinajstić information content (AvgIpc) is 3.08. The molecular formula is C33H55NO15. The molecule has 15 atom stereocenters. The monoisotopic (exact) mass is 705 g/mol. The van der Waals surface area contributed by atoms with Crippen LogP contribution in [0.15, 0.2) is 0 Å². The molecule has 1 amide bonds. The van der Waals surface area contributed by atoms with Gasteiger partial charge >= 0.3 is 11.9 Å². The molecular weight excluding hydrogens is 650 g/mol. The van der Waals surface area contributed by atoms with Crippen molar-refractivity contribution in [2.45, 2.75) is 158 Å². The van der Waals surface area contributed by atoms with Crippen LogP contribution in [-0.4, -0.2) is 142 Å². The summed E-state index contributed by atoms with van der Waals surface area (Å²) in [6.07, 6.45) is -9.97. The number of aliphatic hydroxyl groups is 5. The van der Waals surface area contributed by atoms with E-state index >= 15 is 0 Å². The van der Waals surface area contributed by atoms with Gasteiger partial charge in [-0.05, 0) is 38.0 Å². The summed E-state index contributed by atoms with van der Waals surface area (Å²) in [7, 11) is 1.26. The second kappa shape index (κ2) is 18.0. The van der Waals surface area contributed by atoms with Gasteiger partial charge < -0.3 is 64.4 Å². The quantitative estimate of drug-likeness (QED) is 0.121. The molecule has 0 aromatic carbocycles. The first-order chi connectivity index (χ1) is 23.3. The molecule has 7 N–H and O–H groups in total. The number of nitrogens with one attached hydrogen (secondary N) is 1. The Hall–Kier alpha value is -1.99. The zero-order valence-corrected chi connectivity index (χ0v) is 28.7. The van der Waals surface area contributed by atoms with Gasteiger partial charge in [-0.2, -0.15) is 0 Å². The van der Waals surface area contributed by atoms with Gasteiger partial charge in [0.25, 0.3) is 0 Å². The van der Waals surface area contributed by atoms with Crippen LogP contribution >= 0.6 is 0 Å². The highest BCUT2D eigenvalue weighted by Gasteiger charge is 2.53. The zero-order valence-electron chi connectivity index (χ0n) is 28.7. The largest absolute Gasteiger partial charge is 0.479 e. The Kier molecular flexibility index (Phi) is 14.6. The number of carbonyl (C=O) groups excluding carboxylic acids is 2. The lowest BCUT2D eigenvalue weighted by molar-refractivity contribution is -0.338. The molecule has 4 fully saturated rings. The lowest BCUT2D eigenvalue weighted by Crippen LogP contribution is -2.67. The van der Waals surface area contributed by atoms with E-state index in [1.54, 1.807) is 0 Å². The third kappa shape index (κ3) is 9.67. The summed E-state index contributed by atoms with van der Waals surface area (Å²) in [6, 6.07) is -1.27. The molecule has 0 aromatic rings. The molecule has 4 aliphatic rings. The first-order valence-corrected chi connectivity index (χ1v) is 17.5. The normalized spacial score (nSPS) is 41.1. The minimum Gasteiger partial charge on any atom is -0.479 e. The van der Waals surface area contributed by atoms with E-state index in [1.807, 2.05) is 6.92 Å². The Morgan fingerprint density at radius 3 is 2.18 bits per heavy atom. The van der Waals surface area contributed by atoms with Crippen LogP contribution in [0.4, 0.5) is 0 Å². The van der Waals surface area contributed by atoms with Gasteiger partial charge in [0.15, 0.2) is 18.7 Å². The summed E-state index contributed by atoms with van der Waals surface area (Å²) in [5.41, 5.74) is 0. The number of hydrogen-bond acceptors (Lipinski definition) is 14. The van der Waals surface area contributed by atoms with Crippen molar-refractivity contribution in [2.24, 2.45) is 17.8 Å². The van der Waals surface area contributed by atoms with Crippen LogP contribution < -0.4 is 5.32 Å². The van der Waals surface area contributed by atoms with E-state index in [4.69, 9.17) is 28.4 Å². The van der Waals surface area contributed by atoms with Crippen LogP contribution in [0.2, 0.25) is 0 Å². The lowest BCUT2D eigenvalue weighted by Gasteiger charge is -2.49. The number of carbonyl (C=O) groups is 3. The molecule has 2 saturated carbocycles. The Balaban J connectivity index is 1.65. The molecule has 2 heterocycles. The molecule has 2 saturated heterocycles. The molecule has 0 aromatic heterocycles. The Bertz CT molecular complexity index is 1090. The Morgan fingerprint density at radius 2 is 1.59 bits per heavy atom. The van der Waals surface area contributed by atoms with Crippen molar-refractivity contribution in [1.82, 2.24) is 5.32 Å². The standard InChI is InChI=1S/C33H55NO15/c1-5-18-12-19(31(43)44-4)13-20(28(18)49-33-27(40)26(39)24(37)15(2)45-33)47-32-23(34-16(3)36)29(25(38)22(14-35)48-32)46-21(30(41)42)11-17-9-7-6-8-10-17/h15,17-29,32-33,35,37-40H,5-14H2,1-4H3,(H,34,36)(H,41,42)/t15?,18-,19?,20?,21+,22+,23?,24?,25?,26?,27?,28?,29?,32-,33?/m1/s1. The summed E-state index contributed by atoms with van der Waals surface area (Å²) in [4.78, 5) is 37.8. The van der Waals surface area contributed by atoms with Crippen molar-refractivity contribution in [1.29, 1.82) is 0 Å². The lowest BCUT2D eigenvalue weighted by atomic mass is 9.76. The minimum absolute atomic E-state index is 0.0291. The molecule has 16 heteroatoms. The maximum Gasteiger partial charge on any atom is 0.332 e. The topological polar surface area (TPSA) is 240 Å². The van der Waals surface area contributed by atoms with Gasteiger partial charge in [-0.1, -0.05) is 45.4 Å². The maximum absolute atomic E-state index is 12.8. The number of carboxylic acids is 1. The molecule has 49 heavy (non-hydrogen) atoms. The predicted molar refractivity (Wildman–Crippen MR) is 167 cm³/mol. The van der Waals surface area contributed by atoms with Crippen LogP contribution in [0.3, 0.4) is 0 Å². The van der Waals surface area contributed by atoms with E-state index in [0.29, 0.717) is 12.8 Å². The van der Waals surface area contributed by atoms with Crippen LogP contribution in [0, 0.1) is 17.8 Å². The number of amides is 1. The van der Waals surface area contributed by atoms with Crippen molar-refractivity contribution >= 4 is 17.8 Å². The number of esters is 1. The van der Waals surface area contributed by atoms with Crippen LogP contribution in [0.25, 0.3) is 0 Å². The van der Waals surface area contributed by atoms with Crippen molar-refractivity contribution < 1.29 is 73.4 Å². The molecule has 2 aliphatic carbocycles. The van der Waals surface area contributed by atoms with Crippen molar-refractivity contribution in [3.05, 3.63) is 0 Å². The Morgan fingerprint density at radius 1 is 0.898 bits per heavy atom. The number of aliphatic hydroxyl groups excluding tert-OH is 5. The third-order valence-corrected chi connectivity index (χ3v) is 10.5. The third-order valence-electron chi connectivity index (χ3n) is 10.5. The van der Waals surface area contributed by atoms with Gasteiger partial charge in [0.2, 0.25) is 5.91 Å². The van der Waals surface area contributed by atoms with Crippen molar-refractivity contribution in [3.63, 3.8) is 0 Å². The van der Waals surface area contributed by atoms with Gasteiger partial charge in [-0.25, -0.2) is 4.79 Å². The van der Waals surface area contributed by atoms with Gasteiger partial charge in [0.1, 0.15) is 42.7 Å². The highest BCUT2D eigenvalue weighted by Crippen LogP contribution is 2.40. The van der Waals surface area contributed by atoms with Crippen LogP contribution in [0.1, 0.15) is 78.6 Å². The van der Waals surface area contributed by atoms with Crippen LogP contribution in [-0.2, 0) is 42.8 Å².